The van der Waals surface area contributed by atoms with Crippen LogP contribution in [0.2, 0.25) is 0 Å². The van der Waals surface area contributed by atoms with E-state index < -0.39 is 0 Å². The zero-order valence-electron chi connectivity index (χ0n) is 13.9. The Balaban J connectivity index is 1.58. The van der Waals surface area contributed by atoms with Crippen molar-refractivity contribution in [3.8, 4) is 0 Å². The van der Waals surface area contributed by atoms with E-state index in [1.54, 1.807) is 22.9 Å². The zero-order valence-corrected chi connectivity index (χ0v) is 13.9. The highest BCUT2D eigenvalue weighted by Crippen LogP contribution is 2.18. The summed E-state index contributed by atoms with van der Waals surface area (Å²) < 4.78 is 14.8. The molecule has 0 aliphatic carbocycles. The molecule has 0 spiro atoms. The van der Waals surface area contributed by atoms with Gasteiger partial charge in [0.15, 0.2) is 0 Å². The van der Waals surface area contributed by atoms with E-state index in [-0.39, 0.29) is 11.7 Å². The number of fused-ring (bicyclic) bond motifs is 1. The lowest BCUT2D eigenvalue weighted by molar-refractivity contribution is 0.0724. The molecule has 2 aromatic carbocycles. The third-order valence-corrected chi connectivity index (χ3v) is 4.65. The highest BCUT2D eigenvalue weighted by atomic mass is 19.1. The minimum Gasteiger partial charge on any atom is -0.339 e. The van der Waals surface area contributed by atoms with Crippen molar-refractivity contribution >= 4 is 16.9 Å². The Kier molecular flexibility index (Phi) is 4.17. The Bertz CT molecular complexity index is 897. The van der Waals surface area contributed by atoms with E-state index in [2.05, 4.69) is 10.3 Å². The Morgan fingerprint density at radius 2 is 1.80 bits per heavy atom. The molecule has 0 atom stereocenters. The number of amides is 1. The van der Waals surface area contributed by atoms with E-state index in [0.29, 0.717) is 17.6 Å². The second-order valence-corrected chi connectivity index (χ2v) is 6.43. The number of rotatable bonds is 3. The Morgan fingerprint density at radius 3 is 2.56 bits per heavy atom. The van der Waals surface area contributed by atoms with Crippen LogP contribution < -0.4 is 0 Å². The number of halogens is 1. The molecular weight excluding hydrogens is 319 g/mol. The average molecular weight is 338 g/mol. The van der Waals surface area contributed by atoms with Gasteiger partial charge in [0.1, 0.15) is 11.3 Å². The molecule has 1 amide bonds. The molecule has 2 heterocycles. The van der Waals surface area contributed by atoms with Gasteiger partial charge in [0, 0.05) is 18.7 Å². The number of hydrogen-bond donors (Lipinski definition) is 0. The quantitative estimate of drug-likeness (QED) is 0.737. The first kappa shape index (κ1) is 15.7. The maximum Gasteiger partial charge on any atom is 0.253 e. The maximum absolute atomic E-state index is 13.0. The highest BCUT2D eigenvalue weighted by molar-refractivity contribution is 5.97. The second-order valence-electron chi connectivity index (χ2n) is 6.43. The molecule has 25 heavy (non-hydrogen) atoms. The summed E-state index contributed by atoms with van der Waals surface area (Å²) in [7, 11) is 0. The van der Waals surface area contributed by atoms with Crippen LogP contribution in [0.5, 0.6) is 0 Å². The van der Waals surface area contributed by atoms with Crippen LogP contribution in [-0.4, -0.2) is 38.9 Å². The van der Waals surface area contributed by atoms with Crippen LogP contribution in [0.3, 0.4) is 0 Å². The predicted octanol–water partition coefficient (Wildman–Crippen LogP) is 3.24. The number of benzene rings is 2. The van der Waals surface area contributed by atoms with Crippen molar-refractivity contribution in [3.05, 3.63) is 59.4 Å². The lowest BCUT2D eigenvalue weighted by Crippen LogP contribution is -2.35. The smallest absolute Gasteiger partial charge is 0.253 e. The zero-order chi connectivity index (χ0) is 17.2. The molecule has 0 unspecified atom stereocenters. The first-order chi connectivity index (χ1) is 12.2. The minimum atomic E-state index is -0.256. The molecule has 3 aromatic rings. The van der Waals surface area contributed by atoms with Crippen LogP contribution >= 0.6 is 0 Å². The van der Waals surface area contributed by atoms with Gasteiger partial charge in [-0.3, -0.25) is 4.79 Å². The normalized spacial score (nSPS) is 14.8. The van der Waals surface area contributed by atoms with E-state index >= 15 is 0 Å². The van der Waals surface area contributed by atoms with E-state index in [1.165, 1.54) is 18.6 Å². The number of carbonyl (C=O) groups excluding carboxylic acids is 1. The molecule has 1 saturated heterocycles. The average Bonchev–Trinajstić information content (AvgIpc) is 3.06. The van der Waals surface area contributed by atoms with Crippen molar-refractivity contribution in [2.24, 2.45) is 0 Å². The molecule has 0 N–H and O–H groups in total. The van der Waals surface area contributed by atoms with Crippen molar-refractivity contribution in [1.29, 1.82) is 0 Å². The summed E-state index contributed by atoms with van der Waals surface area (Å²) in [6, 6.07) is 11.9. The van der Waals surface area contributed by atoms with Crippen LogP contribution in [0.4, 0.5) is 4.39 Å². The molecule has 1 aromatic heterocycles. The number of carbonyl (C=O) groups is 1. The SMILES string of the molecule is O=C(c1ccc2c(c1)nnn2Cc1ccc(F)cc1)N1CCCCC1. The van der Waals surface area contributed by atoms with E-state index in [1.807, 2.05) is 17.0 Å². The summed E-state index contributed by atoms with van der Waals surface area (Å²) in [5, 5.41) is 8.36. The largest absolute Gasteiger partial charge is 0.339 e. The summed E-state index contributed by atoms with van der Waals surface area (Å²) in [5.74, 6) is -0.192. The van der Waals surface area contributed by atoms with Gasteiger partial charge < -0.3 is 4.90 Å². The minimum absolute atomic E-state index is 0.0645. The molecule has 1 aliphatic rings. The van der Waals surface area contributed by atoms with E-state index in [9.17, 15) is 9.18 Å². The fraction of sp³-hybridized carbons (Fsp3) is 0.316. The summed E-state index contributed by atoms with van der Waals surface area (Å²) >= 11 is 0. The number of hydrogen-bond acceptors (Lipinski definition) is 3. The van der Waals surface area contributed by atoms with E-state index in [4.69, 9.17) is 0 Å². The standard InChI is InChI=1S/C19H19FN4O/c20-16-7-4-14(5-8-16)13-24-18-9-6-15(12-17(18)21-22-24)19(25)23-10-2-1-3-11-23/h4-9,12H,1-3,10-11,13H2. The van der Waals surface area contributed by atoms with Gasteiger partial charge in [0.2, 0.25) is 0 Å². The first-order valence-corrected chi connectivity index (χ1v) is 8.58. The van der Waals surface area contributed by atoms with Crippen molar-refractivity contribution in [1.82, 2.24) is 19.9 Å². The van der Waals surface area contributed by atoms with Crippen LogP contribution in [0.1, 0.15) is 35.2 Å². The molecule has 6 heteroatoms. The summed E-state index contributed by atoms with van der Waals surface area (Å²) in [6.07, 6.45) is 3.34. The maximum atomic E-state index is 13.0. The van der Waals surface area contributed by atoms with Crippen LogP contribution in [0, 0.1) is 5.82 Å². The lowest BCUT2D eigenvalue weighted by Gasteiger charge is -2.26. The monoisotopic (exact) mass is 338 g/mol. The number of likely N-dealkylation sites (tertiary alicyclic amines) is 1. The van der Waals surface area contributed by atoms with Crippen LogP contribution in [0.25, 0.3) is 11.0 Å². The lowest BCUT2D eigenvalue weighted by atomic mass is 10.1. The van der Waals surface area contributed by atoms with Gasteiger partial charge in [-0.2, -0.15) is 0 Å². The van der Waals surface area contributed by atoms with Crippen LogP contribution in [0.15, 0.2) is 42.5 Å². The third-order valence-electron chi connectivity index (χ3n) is 4.65. The molecule has 5 nitrogen and oxygen atoms in total. The second kappa shape index (κ2) is 6.63. The van der Waals surface area contributed by atoms with Gasteiger partial charge >= 0.3 is 0 Å². The molecule has 0 radical (unpaired) electrons. The summed E-state index contributed by atoms with van der Waals surface area (Å²) in [6.45, 7) is 2.17. The number of nitrogens with zero attached hydrogens (tertiary/aromatic N) is 4. The third kappa shape index (κ3) is 3.24. The molecule has 1 fully saturated rings. The van der Waals surface area contributed by atoms with Gasteiger partial charge in [-0.15, -0.1) is 5.10 Å². The molecule has 0 bridgehead atoms. The Hall–Kier alpha value is -2.76. The van der Waals surface area contributed by atoms with Crippen molar-refractivity contribution in [2.75, 3.05) is 13.1 Å². The highest BCUT2D eigenvalue weighted by Gasteiger charge is 2.19. The Morgan fingerprint density at radius 1 is 1.04 bits per heavy atom. The first-order valence-electron chi connectivity index (χ1n) is 8.58. The predicted molar refractivity (Wildman–Crippen MR) is 92.8 cm³/mol. The number of piperidine rings is 1. The fourth-order valence-electron chi connectivity index (χ4n) is 3.26. The van der Waals surface area contributed by atoms with Crippen molar-refractivity contribution < 1.29 is 9.18 Å². The summed E-state index contributed by atoms with van der Waals surface area (Å²) in [5.41, 5.74) is 3.16. The van der Waals surface area contributed by atoms with Gasteiger partial charge in [-0.1, -0.05) is 17.3 Å². The fourth-order valence-corrected chi connectivity index (χ4v) is 3.26. The van der Waals surface area contributed by atoms with Crippen molar-refractivity contribution in [3.63, 3.8) is 0 Å². The molecule has 4 rings (SSSR count). The Labute approximate surface area is 145 Å². The summed E-state index contributed by atoms with van der Waals surface area (Å²) in [4.78, 5) is 14.5. The molecule has 1 aliphatic heterocycles. The number of aromatic nitrogens is 3. The van der Waals surface area contributed by atoms with Crippen LogP contribution in [-0.2, 0) is 6.54 Å². The van der Waals surface area contributed by atoms with Gasteiger partial charge in [0.25, 0.3) is 5.91 Å². The van der Waals surface area contributed by atoms with Gasteiger partial charge in [-0.05, 0) is 55.2 Å². The van der Waals surface area contributed by atoms with Crippen molar-refractivity contribution in [2.45, 2.75) is 25.8 Å². The molecule has 0 saturated carbocycles. The topological polar surface area (TPSA) is 51.0 Å². The van der Waals surface area contributed by atoms with Gasteiger partial charge in [0.05, 0.1) is 12.1 Å². The van der Waals surface area contributed by atoms with E-state index in [0.717, 1.165) is 37.0 Å². The van der Waals surface area contributed by atoms with Gasteiger partial charge in [-0.25, -0.2) is 9.07 Å². The molecule has 128 valence electrons. The molecular formula is C19H19FN4O.